The van der Waals surface area contributed by atoms with Crippen LogP contribution in [0.15, 0.2) is 35.8 Å². The first-order valence-corrected chi connectivity index (χ1v) is 7.13. The van der Waals surface area contributed by atoms with Crippen molar-refractivity contribution in [1.82, 2.24) is 4.98 Å². The van der Waals surface area contributed by atoms with Gasteiger partial charge in [0, 0.05) is 30.6 Å². The van der Waals surface area contributed by atoms with Crippen molar-refractivity contribution in [3.63, 3.8) is 0 Å². The molecule has 0 bridgehead atoms. The Morgan fingerprint density at radius 1 is 1.40 bits per heavy atom. The molecule has 3 rings (SSSR count). The van der Waals surface area contributed by atoms with Gasteiger partial charge in [-0.3, -0.25) is 14.5 Å². The molecule has 0 unspecified atom stereocenters. The monoisotopic (exact) mass is 287 g/mol. The normalized spacial score (nSPS) is 16.9. The molecule has 2 heterocycles. The number of para-hydroxylation sites is 1. The highest BCUT2D eigenvalue weighted by molar-refractivity contribution is 7.13. The summed E-state index contributed by atoms with van der Waals surface area (Å²) in [6, 6.07) is 7.09. The molecule has 5 nitrogen and oxygen atoms in total. The molecule has 102 valence electrons. The second kappa shape index (κ2) is 5.05. The molecule has 1 aromatic carbocycles. The number of aromatic nitrogens is 1. The van der Waals surface area contributed by atoms with Gasteiger partial charge in [0.25, 0.3) is 0 Å². The third kappa shape index (κ3) is 2.18. The van der Waals surface area contributed by atoms with E-state index < -0.39 is 6.04 Å². The van der Waals surface area contributed by atoms with Gasteiger partial charge in [-0.15, -0.1) is 11.3 Å². The predicted octanol–water partition coefficient (Wildman–Crippen LogP) is 2.06. The fraction of sp³-hybridized carbons (Fsp3) is 0.214. The van der Waals surface area contributed by atoms with Gasteiger partial charge >= 0.3 is 0 Å². The summed E-state index contributed by atoms with van der Waals surface area (Å²) in [5.41, 5.74) is 1.83. The molecule has 1 N–H and O–H groups in total. The summed E-state index contributed by atoms with van der Waals surface area (Å²) in [6.45, 7) is 1.48. The minimum absolute atomic E-state index is 0.130. The van der Waals surface area contributed by atoms with Crippen LogP contribution in [0.2, 0.25) is 0 Å². The highest BCUT2D eigenvalue weighted by Crippen LogP contribution is 2.32. The SMILES string of the molecule is CC(=O)N1c2ccccc2C[C@H]1C(=O)Nc1nccs1. The molecule has 1 aliphatic rings. The topological polar surface area (TPSA) is 62.3 Å². The highest BCUT2D eigenvalue weighted by Gasteiger charge is 2.36. The Morgan fingerprint density at radius 2 is 2.20 bits per heavy atom. The molecule has 1 aliphatic heterocycles. The second-order valence-electron chi connectivity index (χ2n) is 4.56. The molecule has 0 radical (unpaired) electrons. The number of anilines is 2. The van der Waals surface area contributed by atoms with Crippen LogP contribution in [-0.2, 0) is 16.0 Å². The first-order chi connectivity index (χ1) is 9.66. The van der Waals surface area contributed by atoms with E-state index in [2.05, 4.69) is 10.3 Å². The van der Waals surface area contributed by atoms with Crippen molar-refractivity contribution >= 4 is 34.0 Å². The van der Waals surface area contributed by atoms with Gasteiger partial charge < -0.3 is 5.32 Å². The van der Waals surface area contributed by atoms with Crippen molar-refractivity contribution < 1.29 is 9.59 Å². The molecule has 0 saturated carbocycles. The largest absolute Gasteiger partial charge is 0.300 e. The lowest BCUT2D eigenvalue weighted by molar-refractivity contribution is -0.122. The van der Waals surface area contributed by atoms with Gasteiger partial charge in [0.2, 0.25) is 11.8 Å². The van der Waals surface area contributed by atoms with Crippen molar-refractivity contribution in [2.45, 2.75) is 19.4 Å². The first kappa shape index (κ1) is 12.8. The second-order valence-corrected chi connectivity index (χ2v) is 5.46. The Labute approximate surface area is 120 Å². The van der Waals surface area contributed by atoms with Crippen LogP contribution in [0.3, 0.4) is 0 Å². The van der Waals surface area contributed by atoms with E-state index in [0.717, 1.165) is 11.3 Å². The minimum atomic E-state index is -0.506. The van der Waals surface area contributed by atoms with Crippen LogP contribution in [0.4, 0.5) is 10.8 Å². The summed E-state index contributed by atoms with van der Waals surface area (Å²) in [7, 11) is 0. The fourth-order valence-electron chi connectivity index (χ4n) is 2.46. The van der Waals surface area contributed by atoms with Gasteiger partial charge in [0.05, 0.1) is 0 Å². The zero-order chi connectivity index (χ0) is 14.1. The first-order valence-electron chi connectivity index (χ1n) is 6.25. The maximum absolute atomic E-state index is 12.4. The van der Waals surface area contributed by atoms with Gasteiger partial charge in [0.1, 0.15) is 6.04 Å². The van der Waals surface area contributed by atoms with Gasteiger partial charge in [-0.05, 0) is 11.6 Å². The average Bonchev–Trinajstić information content (AvgIpc) is 3.04. The zero-order valence-corrected chi connectivity index (χ0v) is 11.7. The standard InChI is InChI=1S/C14H13N3O2S/c1-9(18)17-11-5-3-2-4-10(11)8-12(17)13(19)16-14-15-6-7-20-14/h2-7,12H,8H2,1H3,(H,15,16,19)/t12-/m0/s1. The number of nitrogens with zero attached hydrogens (tertiary/aromatic N) is 2. The van der Waals surface area contributed by atoms with Crippen LogP contribution in [-0.4, -0.2) is 22.8 Å². The number of benzene rings is 1. The molecular formula is C14H13N3O2S. The Morgan fingerprint density at radius 3 is 2.90 bits per heavy atom. The molecule has 0 aliphatic carbocycles. The summed E-state index contributed by atoms with van der Waals surface area (Å²) in [4.78, 5) is 29.8. The molecule has 2 aromatic rings. The Kier molecular flexibility index (Phi) is 3.23. The number of rotatable bonds is 2. The van der Waals surface area contributed by atoms with Gasteiger partial charge in [-0.2, -0.15) is 0 Å². The summed E-state index contributed by atoms with van der Waals surface area (Å²) < 4.78 is 0. The van der Waals surface area contributed by atoms with E-state index in [9.17, 15) is 9.59 Å². The van der Waals surface area contributed by atoms with E-state index in [4.69, 9.17) is 0 Å². The van der Waals surface area contributed by atoms with Crippen LogP contribution < -0.4 is 10.2 Å². The Balaban J connectivity index is 1.87. The van der Waals surface area contributed by atoms with E-state index in [-0.39, 0.29) is 11.8 Å². The van der Waals surface area contributed by atoms with Crippen molar-refractivity contribution in [3.8, 4) is 0 Å². The van der Waals surface area contributed by atoms with Crippen LogP contribution in [0, 0.1) is 0 Å². The zero-order valence-electron chi connectivity index (χ0n) is 10.9. The number of hydrogen-bond acceptors (Lipinski definition) is 4. The van der Waals surface area contributed by atoms with Crippen molar-refractivity contribution in [3.05, 3.63) is 41.4 Å². The summed E-state index contributed by atoms with van der Waals surface area (Å²) in [5, 5.41) is 5.10. The van der Waals surface area contributed by atoms with E-state index in [1.54, 1.807) is 16.5 Å². The lowest BCUT2D eigenvalue weighted by Crippen LogP contribution is -2.44. The third-order valence-electron chi connectivity index (χ3n) is 3.28. The molecule has 0 fully saturated rings. The molecular weight excluding hydrogens is 274 g/mol. The Hall–Kier alpha value is -2.21. The number of amides is 2. The number of fused-ring (bicyclic) bond motifs is 1. The molecule has 1 aromatic heterocycles. The number of carbonyl (C=O) groups is 2. The maximum atomic E-state index is 12.4. The molecule has 2 amide bonds. The predicted molar refractivity (Wildman–Crippen MR) is 77.8 cm³/mol. The average molecular weight is 287 g/mol. The number of carbonyl (C=O) groups excluding carboxylic acids is 2. The van der Waals surface area contributed by atoms with Crippen LogP contribution in [0.1, 0.15) is 12.5 Å². The summed E-state index contributed by atoms with van der Waals surface area (Å²) in [6.07, 6.45) is 2.17. The lowest BCUT2D eigenvalue weighted by atomic mass is 10.1. The summed E-state index contributed by atoms with van der Waals surface area (Å²) in [5.74, 6) is -0.333. The molecule has 6 heteroatoms. The van der Waals surface area contributed by atoms with Crippen LogP contribution in [0.25, 0.3) is 0 Å². The lowest BCUT2D eigenvalue weighted by Gasteiger charge is -2.22. The number of nitrogens with one attached hydrogen (secondary N) is 1. The van der Waals surface area contributed by atoms with Crippen molar-refractivity contribution in [2.75, 3.05) is 10.2 Å². The molecule has 1 atom stereocenters. The molecule has 0 saturated heterocycles. The quantitative estimate of drug-likeness (QED) is 0.919. The van der Waals surface area contributed by atoms with Crippen LogP contribution >= 0.6 is 11.3 Å². The Bertz CT molecular complexity index is 654. The number of hydrogen-bond donors (Lipinski definition) is 1. The minimum Gasteiger partial charge on any atom is -0.300 e. The molecule has 0 spiro atoms. The molecule has 20 heavy (non-hydrogen) atoms. The van der Waals surface area contributed by atoms with E-state index in [1.165, 1.54) is 18.3 Å². The van der Waals surface area contributed by atoms with Crippen molar-refractivity contribution in [2.24, 2.45) is 0 Å². The summed E-state index contributed by atoms with van der Waals surface area (Å²) >= 11 is 1.36. The van der Waals surface area contributed by atoms with Gasteiger partial charge in [0.15, 0.2) is 5.13 Å². The van der Waals surface area contributed by atoms with E-state index in [1.807, 2.05) is 24.3 Å². The smallest absolute Gasteiger partial charge is 0.249 e. The van der Waals surface area contributed by atoms with Gasteiger partial charge in [-0.25, -0.2) is 4.98 Å². The van der Waals surface area contributed by atoms with E-state index in [0.29, 0.717) is 11.6 Å². The van der Waals surface area contributed by atoms with Crippen molar-refractivity contribution in [1.29, 1.82) is 0 Å². The van der Waals surface area contributed by atoms with E-state index >= 15 is 0 Å². The maximum Gasteiger partial charge on any atom is 0.249 e. The highest BCUT2D eigenvalue weighted by atomic mass is 32.1. The van der Waals surface area contributed by atoms with Gasteiger partial charge in [-0.1, -0.05) is 18.2 Å². The fourth-order valence-corrected chi connectivity index (χ4v) is 2.99. The third-order valence-corrected chi connectivity index (χ3v) is 3.97. The number of thiazole rings is 1. The van der Waals surface area contributed by atoms with Crippen LogP contribution in [0.5, 0.6) is 0 Å².